The summed E-state index contributed by atoms with van der Waals surface area (Å²) >= 11 is 0. The number of ether oxygens (including phenoxy) is 2. The van der Waals surface area contributed by atoms with Gasteiger partial charge in [-0.3, -0.25) is 9.59 Å². The van der Waals surface area contributed by atoms with Gasteiger partial charge in [0.05, 0.1) is 13.2 Å². The molecule has 0 bridgehead atoms. The van der Waals surface area contributed by atoms with Gasteiger partial charge in [0.2, 0.25) is 9.23 Å². The summed E-state index contributed by atoms with van der Waals surface area (Å²) < 4.78 is 19.7. The summed E-state index contributed by atoms with van der Waals surface area (Å²) in [6.07, 6.45) is 2.26. The van der Waals surface area contributed by atoms with Crippen LogP contribution in [0.25, 0.3) is 0 Å². The van der Waals surface area contributed by atoms with E-state index in [9.17, 15) is 9.59 Å². The van der Waals surface area contributed by atoms with E-state index in [4.69, 9.17) is 18.8 Å². The first-order valence-corrected chi connectivity index (χ1v) is 12.5. The molecule has 0 atom stereocenters. The van der Waals surface area contributed by atoms with E-state index in [1.54, 1.807) is 0 Å². The normalized spacial score (nSPS) is 11.6. The minimum Gasteiger partial charge on any atom is -0.494 e. The van der Waals surface area contributed by atoms with Crippen LogP contribution in [0.1, 0.15) is 48.2 Å². The van der Waals surface area contributed by atoms with Crippen molar-refractivity contribution in [2.24, 2.45) is 0 Å². The van der Waals surface area contributed by atoms with Crippen LogP contribution in [0.4, 0.5) is 0 Å². The molecule has 31 heavy (non-hydrogen) atoms. The van der Waals surface area contributed by atoms with Crippen molar-refractivity contribution in [3.63, 3.8) is 0 Å². The molecule has 0 radical (unpaired) electrons. The lowest BCUT2D eigenvalue weighted by Crippen LogP contribution is -1.98. The number of aliphatic carboxylic acids is 1. The van der Waals surface area contributed by atoms with Crippen molar-refractivity contribution in [2.45, 2.75) is 39.5 Å². The minimum absolute atomic E-state index is 0.162. The summed E-state index contributed by atoms with van der Waals surface area (Å²) in [7, 11) is 7.36. The lowest BCUT2D eigenvalue weighted by Gasteiger charge is -2.04. The number of ketones is 1. The smallest absolute Gasteiger partial charge is 0.303 e. The molecule has 1 aliphatic carbocycles. The molecule has 9 heteroatoms. The average molecular weight is 489 g/mol. The van der Waals surface area contributed by atoms with Crippen LogP contribution in [0.5, 0.6) is 11.5 Å². The number of halogens is 2. The summed E-state index contributed by atoms with van der Waals surface area (Å²) in [5.74, 6) is 1.08. The van der Waals surface area contributed by atoms with E-state index in [0.29, 0.717) is 26.1 Å². The molecular formula is C22H26Cl2O6S. The van der Waals surface area contributed by atoms with Crippen LogP contribution in [0.15, 0.2) is 42.5 Å². The zero-order valence-electron chi connectivity index (χ0n) is 17.4. The fraction of sp³-hybridized carbons (Fsp3) is 0.364. The second kappa shape index (κ2) is 14.8. The maximum Gasteiger partial charge on any atom is 0.303 e. The maximum atomic E-state index is 11.4. The molecule has 0 spiro atoms. The summed E-state index contributed by atoms with van der Waals surface area (Å²) in [6, 6.07) is 13.3. The number of fused-ring (bicyclic) bond motifs is 1. The predicted molar refractivity (Wildman–Crippen MR) is 124 cm³/mol. The fourth-order valence-electron chi connectivity index (χ4n) is 2.88. The summed E-state index contributed by atoms with van der Waals surface area (Å²) in [6.45, 7) is 5.13. The van der Waals surface area contributed by atoms with Gasteiger partial charge in [0.1, 0.15) is 11.5 Å². The van der Waals surface area contributed by atoms with Crippen molar-refractivity contribution in [1.82, 2.24) is 0 Å². The van der Waals surface area contributed by atoms with Gasteiger partial charge in [-0.2, -0.15) is 0 Å². The number of Topliss-reactive ketones (excluding diaryl/α,β-unsaturated/α-hetero) is 1. The Balaban J connectivity index is 0.000000265. The van der Waals surface area contributed by atoms with Crippen LogP contribution in [0.2, 0.25) is 0 Å². The number of aryl methyl sites for hydroxylation is 2. The quantitative estimate of drug-likeness (QED) is 0.527. The number of carbonyl (C=O) groups excluding carboxylic acids is 1. The zero-order chi connectivity index (χ0) is 23.2. The Morgan fingerprint density at radius 3 is 2.23 bits per heavy atom. The first-order chi connectivity index (χ1) is 14.8. The third-order valence-corrected chi connectivity index (χ3v) is 4.15. The SMILES string of the molecule is CCOc1ccc2c(c1)C(=O)CC2.CCOc1cccc(CCC(=O)O)c1.O=S(Cl)Cl. The van der Waals surface area contributed by atoms with E-state index >= 15 is 0 Å². The van der Waals surface area contributed by atoms with Gasteiger partial charge in [-0.15, -0.1) is 0 Å². The van der Waals surface area contributed by atoms with E-state index in [2.05, 4.69) is 21.4 Å². The third-order valence-electron chi connectivity index (χ3n) is 4.15. The molecule has 0 aromatic heterocycles. The molecule has 2 aromatic carbocycles. The summed E-state index contributed by atoms with van der Waals surface area (Å²) in [5, 5.41) is 8.52. The number of rotatable bonds is 7. The first-order valence-electron chi connectivity index (χ1n) is 9.73. The highest BCUT2D eigenvalue weighted by Crippen LogP contribution is 2.25. The van der Waals surface area contributed by atoms with Gasteiger partial charge in [0.25, 0.3) is 0 Å². The van der Waals surface area contributed by atoms with Crippen molar-refractivity contribution in [1.29, 1.82) is 0 Å². The molecular weight excluding hydrogens is 463 g/mol. The zero-order valence-corrected chi connectivity index (χ0v) is 19.8. The summed E-state index contributed by atoms with van der Waals surface area (Å²) in [5.41, 5.74) is 3.01. The van der Waals surface area contributed by atoms with Crippen LogP contribution >= 0.6 is 21.4 Å². The van der Waals surface area contributed by atoms with Gasteiger partial charge in [0.15, 0.2) is 5.78 Å². The van der Waals surface area contributed by atoms with Crippen molar-refractivity contribution in [3.8, 4) is 11.5 Å². The Morgan fingerprint density at radius 2 is 1.65 bits per heavy atom. The molecule has 0 saturated carbocycles. The number of carbonyl (C=O) groups is 2. The van der Waals surface area contributed by atoms with Crippen molar-refractivity contribution >= 4 is 42.3 Å². The molecule has 1 N–H and O–H groups in total. The Kier molecular flexibility index (Phi) is 12.9. The molecule has 0 saturated heterocycles. The Bertz CT molecular complexity index is 884. The van der Waals surface area contributed by atoms with Gasteiger partial charge >= 0.3 is 5.97 Å². The van der Waals surface area contributed by atoms with Crippen molar-refractivity contribution in [3.05, 3.63) is 59.2 Å². The summed E-state index contributed by atoms with van der Waals surface area (Å²) in [4.78, 5) is 21.7. The molecule has 0 heterocycles. The number of carboxylic acids is 1. The maximum absolute atomic E-state index is 11.4. The van der Waals surface area contributed by atoms with E-state index in [0.717, 1.165) is 34.6 Å². The van der Waals surface area contributed by atoms with Crippen molar-refractivity contribution < 1.29 is 28.4 Å². The number of hydrogen-bond donors (Lipinski definition) is 1. The standard InChI is InChI=1S/C11H14O3.C11H12O2.Cl2OS/c1-2-14-10-5-3-4-9(8-10)6-7-11(12)13;1-2-13-9-5-3-8-4-6-11(12)10(8)7-9;1-4(2)3/h3-5,8H,2,6-7H2,1H3,(H,12,13);3,5,7H,2,4,6H2,1H3;. The molecule has 2 aromatic rings. The van der Waals surface area contributed by atoms with E-state index in [1.807, 2.05) is 56.3 Å². The highest BCUT2D eigenvalue weighted by atomic mass is 36.0. The van der Waals surface area contributed by atoms with Crippen LogP contribution < -0.4 is 9.47 Å². The van der Waals surface area contributed by atoms with E-state index in [1.165, 1.54) is 0 Å². The number of hydrogen-bond acceptors (Lipinski definition) is 5. The average Bonchev–Trinajstić information content (AvgIpc) is 3.08. The van der Waals surface area contributed by atoms with Crippen LogP contribution in [0, 0.1) is 0 Å². The van der Waals surface area contributed by atoms with Crippen LogP contribution in [-0.2, 0) is 26.9 Å². The molecule has 0 aliphatic heterocycles. The third kappa shape index (κ3) is 11.2. The lowest BCUT2D eigenvalue weighted by molar-refractivity contribution is -0.136. The van der Waals surface area contributed by atoms with Gasteiger partial charge in [-0.1, -0.05) is 18.2 Å². The topological polar surface area (TPSA) is 89.9 Å². The number of carboxylic acid groups (broad SMARTS) is 1. The second-order valence-corrected chi connectivity index (χ2v) is 8.86. The van der Waals surface area contributed by atoms with Gasteiger partial charge in [0, 0.05) is 39.8 Å². The molecule has 170 valence electrons. The van der Waals surface area contributed by atoms with Crippen LogP contribution in [-0.4, -0.2) is 34.3 Å². The predicted octanol–water partition coefficient (Wildman–Crippen LogP) is 5.36. The molecule has 1 aliphatic rings. The number of benzene rings is 2. The molecule has 0 amide bonds. The second-order valence-electron chi connectivity index (χ2n) is 6.33. The molecule has 3 rings (SSSR count). The highest BCUT2D eigenvalue weighted by Gasteiger charge is 2.19. The Labute approximate surface area is 193 Å². The van der Waals surface area contributed by atoms with Gasteiger partial charge in [-0.25, -0.2) is 4.21 Å². The van der Waals surface area contributed by atoms with E-state index in [-0.39, 0.29) is 12.2 Å². The van der Waals surface area contributed by atoms with E-state index < -0.39 is 15.2 Å². The molecule has 6 nitrogen and oxygen atoms in total. The lowest BCUT2D eigenvalue weighted by atomic mass is 10.1. The largest absolute Gasteiger partial charge is 0.494 e. The monoisotopic (exact) mass is 488 g/mol. The molecule has 0 fully saturated rings. The van der Waals surface area contributed by atoms with Crippen LogP contribution in [0.3, 0.4) is 0 Å². The fourth-order valence-corrected chi connectivity index (χ4v) is 2.88. The first kappa shape index (κ1) is 26.9. The Hall–Kier alpha value is -2.09. The Morgan fingerprint density at radius 1 is 1.03 bits per heavy atom. The highest BCUT2D eigenvalue weighted by molar-refractivity contribution is 8.26. The van der Waals surface area contributed by atoms with Crippen molar-refractivity contribution in [2.75, 3.05) is 13.2 Å². The van der Waals surface area contributed by atoms with Gasteiger partial charge in [-0.05, 0) is 62.1 Å². The molecule has 0 unspecified atom stereocenters. The minimum atomic E-state index is -1.67. The van der Waals surface area contributed by atoms with Gasteiger partial charge < -0.3 is 14.6 Å².